The Labute approximate surface area is 112 Å². The van der Waals surface area contributed by atoms with Crippen LogP contribution in [0.5, 0.6) is 0 Å². The molecule has 0 atom stereocenters. The van der Waals surface area contributed by atoms with Gasteiger partial charge in [0.1, 0.15) is 0 Å². The first-order valence-corrected chi connectivity index (χ1v) is 7.08. The Morgan fingerprint density at radius 2 is 2.00 bits per heavy atom. The molecule has 1 aromatic rings. The lowest BCUT2D eigenvalue weighted by Gasteiger charge is -2.10. The number of carbonyl (C=O) groups excluding carboxylic acids is 2. The van der Waals surface area contributed by atoms with Gasteiger partial charge in [-0.1, -0.05) is 13.8 Å². The van der Waals surface area contributed by atoms with E-state index in [-0.39, 0.29) is 0 Å². The molecule has 4 heteroatoms. The van der Waals surface area contributed by atoms with Crippen LogP contribution in [0.1, 0.15) is 30.6 Å². The molecule has 0 spiro atoms. The molecule has 1 aromatic carbocycles. The Kier molecular flexibility index (Phi) is 3.76. The highest BCUT2D eigenvalue weighted by Crippen LogP contribution is 2.32. The molecule has 2 rings (SSSR count). The van der Waals surface area contributed by atoms with Crippen molar-refractivity contribution in [2.75, 3.05) is 17.7 Å². The van der Waals surface area contributed by atoms with Crippen molar-refractivity contribution in [2.24, 2.45) is 5.92 Å². The van der Waals surface area contributed by atoms with Crippen LogP contribution < -0.4 is 4.90 Å². The number of benzene rings is 1. The molecule has 18 heavy (non-hydrogen) atoms. The third kappa shape index (κ3) is 2.43. The Morgan fingerprint density at radius 3 is 2.67 bits per heavy atom. The lowest BCUT2D eigenvalue weighted by molar-refractivity contribution is -0.114. The van der Waals surface area contributed by atoms with E-state index < -0.39 is 11.7 Å². The maximum atomic E-state index is 11.6. The molecule has 0 saturated heterocycles. The fourth-order valence-electron chi connectivity index (χ4n) is 1.86. The van der Waals surface area contributed by atoms with E-state index in [0.29, 0.717) is 11.5 Å². The van der Waals surface area contributed by atoms with Gasteiger partial charge in [-0.05, 0) is 36.3 Å². The Balaban J connectivity index is 2.14. The van der Waals surface area contributed by atoms with Gasteiger partial charge in [-0.2, -0.15) is 0 Å². The van der Waals surface area contributed by atoms with Crippen molar-refractivity contribution in [1.82, 2.24) is 0 Å². The molecule has 96 valence electrons. The first-order valence-electron chi connectivity index (χ1n) is 6.10. The number of fused-ring (bicyclic) bond motifs is 1. The summed E-state index contributed by atoms with van der Waals surface area (Å²) >= 11 is 1.77. The summed E-state index contributed by atoms with van der Waals surface area (Å²) in [6.07, 6.45) is 1.16. The highest BCUT2D eigenvalue weighted by atomic mass is 32.2. The molecule has 1 aliphatic rings. The molecule has 1 aliphatic heterocycles. The van der Waals surface area contributed by atoms with Crippen LogP contribution in [0.2, 0.25) is 0 Å². The quantitative estimate of drug-likeness (QED) is 0.619. The zero-order chi connectivity index (χ0) is 13.3. The van der Waals surface area contributed by atoms with Crippen molar-refractivity contribution < 1.29 is 9.59 Å². The van der Waals surface area contributed by atoms with Gasteiger partial charge in [-0.15, -0.1) is 11.8 Å². The molecular formula is C14H17NO2S. The average molecular weight is 263 g/mol. The zero-order valence-corrected chi connectivity index (χ0v) is 11.7. The van der Waals surface area contributed by atoms with Crippen LogP contribution in [0.15, 0.2) is 23.1 Å². The fraction of sp³-hybridized carbons (Fsp3) is 0.429. The standard InChI is InChI=1S/C14H17NO2S/c1-9(2)6-7-18-10-4-5-11-12(8-10)15(3)14(17)13(11)16/h4-5,8-9H,6-7H2,1-3H3. The third-order valence-electron chi connectivity index (χ3n) is 3.04. The first-order chi connectivity index (χ1) is 8.50. The molecule has 0 aromatic heterocycles. The summed E-state index contributed by atoms with van der Waals surface area (Å²) in [4.78, 5) is 25.7. The van der Waals surface area contributed by atoms with Crippen LogP contribution >= 0.6 is 11.8 Å². The maximum Gasteiger partial charge on any atom is 0.299 e. The number of amides is 1. The number of thioether (sulfide) groups is 1. The lowest BCUT2D eigenvalue weighted by atomic mass is 10.1. The van der Waals surface area contributed by atoms with Crippen LogP contribution in [0.25, 0.3) is 0 Å². The number of Topliss-reactive ketones (excluding diaryl/α,β-unsaturated/α-hetero) is 1. The molecule has 0 unspecified atom stereocenters. The van der Waals surface area contributed by atoms with E-state index in [0.717, 1.165) is 22.8 Å². The number of ketones is 1. The monoisotopic (exact) mass is 263 g/mol. The van der Waals surface area contributed by atoms with Gasteiger partial charge in [0.25, 0.3) is 11.7 Å². The van der Waals surface area contributed by atoms with Gasteiger partial charge >= 0.3 is 0 Å². The second-order valence-electron chi connectivity index (χ2n) is 4.90. The number of hydrogen-bond donors (Lipinski definition) is 0. The summed E-state index contributed by atoms with van der Waals surface area (Å²) in [6, 6.07) is 5.62. The van der Waals surface area contributed by atoms with Crippen molar-refractivity contribution >= 4 is 29.1 Å². The van der Waals surface area contributed by atoms with E-state index in [2.05, 4.69) is 13.8 Å². The van der Waals surface area contributed by atoms with E-state index in [1.54, 1.807) is 24.9 Å². The van der Waals surface area contributed by atoms with Crippen LogP contribution in [0, 0.1) is 5.92 Å². The highest BCUT2D eigenvalue weighted by Gasteiger charge is 2.33. The van der Waals surface area contributed by atoms with Crippen LogP contribution in [-0.4, -0.2) is 24.5 Å². The molecule has 0 aliphatic carbocycles. The van der Waals surface area contributed by atoms with Gasteiger partial charge in [0, 0.05) is 11.9 Å². The molecule has 0 saturated carbocycles. The van der Waals surface area contributed by atoms with Gasteiger partial charge in [0.15, 0.2) is 0 Å². The Bertz CT molecular complexity index is 497. The summed E-state index contributed by atoms with van der Waals surface area (Å²) in [5.41, 5.74) is 1.26. The Morgan fingerprint density at radius 1 is 1.28 bits per heavy atom. The van der Waals surface area contributed by atoms with E-state index in [1.807, 2.05) is 12.1 Å². The van der Waals surface area contributed by atoms with E-state index in [1.165, 1.54) is 4.90 Å². The minimum atomic E-state index is -0.436. The molecule has 0 N–H and O–H groups in total. The van der Waals surface area contributed by atoms with Crippen LogP contribution in [0.4, 0.5) is 5.69 Å². The van der Waals surface area contributed by atoms with Crippen LogP contribution in [0.3, 0.4) is 0 Å². The normalized spacial score (nSPS) is 14.6. The third-order valence-corrected chi connectivity index (χ3v) is 4.07. The molecule has 3 nitrogen and oxygen atoms in total. The Hall–Kier alpha value is -1.29. The van der Waals surface area contributed by atoms with Crippen molar-refractivity contribution in [3.63, 3.8) is 0 Å². The number of likely N-dealkylation sites (N-methyl/N-ethyl adjacent to an activating group) is 1. The predicted molar refractivity (Wildman–Crippen MR) is 74.4 cm³/mol. The molecule has 0 radical (unpaired) electrons. The minimum Gasteiger partial charge on any atom is -0.308 e. The number of carbonyl (C=O) groups is 2. The molecule has 1 heterocycles. The van der Waals surface area contributed by atoms with Crippen molar-refractivity contribution in [1.29, 1.82) is 0 Å². The van der Waals surface area contributed by atoms with Crippen molar-refractivity contribution in [2.45, 2.75) is 25.2 Å². The molecule has 1 amide bonds. The van der Waals surface area contributed by atoms with Gasteiger partial charge in [0.2, 0.25) is 0 Å². The highest BCUT2D eigenvalue weighted by molar-refractivity contribution is 7.99. The van der Waals surface area contributed by atoms with Gasteiger partial charge in [-0.25, -0.2) is 0 Å². The summed E-state index contributed by atoms with van der Waals surface area (Å²) in [5, 5.41) is 0. The minimum absolute atomic E-state index is 0.397. The SMILES string of the molecule is CC(C)CCSc1ccc2c(c1)N(C)C(=O)C2=O. The smallest absolute Gasteiger partial charge is 0.299 e. The maximum absolute atomic E-state index is 11.6. The lowest BCUT2D eigenvalue weighted by Crippen LogP contribution is -2.24. The van der Waals surface area contributed by atoms with Gasteiger partial charge < -0.3 is 4.90 Å². The van der Waals surface area contributed by atoms with Gasteiger partial charge in [-0.3, -0.25) is 9.59 Å². The fourth-order valence-corrected chi connectivity index (χ4v) is 3.04. The largest absolute Gasteiger partial charge is 0.308 e. The van der Waals surface area contributed by atoms with E-state index >= 15 is 0 Å². The molecular weight excluding hydrogens is 246 g/mol. The molecule has 0 bridgehead atoms. The zero-order valence-electron chi connectivity index (χ0n) is 10.9. The summed E-state index contributed by atoms with van der Waals surface area (Å²) in [6.45, 7) is 4.41. The number of rotatable bonds is 4. The van der Waals surface area contributed by atoms with Crippen LogP contribution in [-0.2, 0) is 4.79 Å². The van der Waals surface area contributed by atoms with Crippen molar-refractivity contribution in [3.8, 4) is 0 Å². The number of nitrogens with zero attached hydrogens (tertiary/aromatic N) is 1. The molecule has 0 fully saturated rings. The number of hydrogen-bond acceptors (Lipinski definition) is 3. The summed E-state index contributed by atoms with van der Waals surface area (Å²) in [5.74, 6) is 0.917. The predicted octanol–water partition coefficient (Wildman–Crippen LogP) is 2.98. The second-order valence-corrected chi connectivity index (χ2v) is 6.07. The summed E-state index contributed by atoms with van der Waals surface area (Å²) < 4.78 is 0. The first kappa shape index (κ1) is 13.1. The van der Waals surface area contributed by atoms with E-state index in [9.17, 15) is 9.59 Å². The van der Waals surface area contributed by atoms with Crippen molar-refractivity contribution in [3.05, 3.63) is 23.8 Å². The van der Waals surface area contributed by atoms with E-state index in [4.69, 9.17) is 0 Å². The summed E-state index contributed by atoms with van der Waals surface area (Å²) in [7, 11) is 1.65. The average Bonchev–Trinajstić information content (AvgIpc) is 2.54. The number of anilines is 1. The second kappa shape index (κ2) is 5.14. The van der Waals surface area contributed by atoms with Gasteiger partial charge in [0.05, 0.1) is 11.3 Å². The topological polar surface area (TPSA) is 37.4 Å².